The maximum atomic E-state index is 13.1. The number of aliphatic hydroxyl groups is 1. The van der Waals surface area contributed by atoms with Gasteiger partial charge in [0, 0.05) is 0 Å². The van der Waals surface area contributed by atoms with E-state index in [-0.39, 0.29) is 0 Å². The number of hydrogen-bond acceptors (Lipinski definition) is 6. The molecule has 0 bridgehead atoms. The van der Waals surface area contributed by atoms with E-state index in [1.807, 2.05) is 0 Å². The van der Waals surface area contributed by atoms with Crippen molar-refractivity contribution in [3.63, 3.8) is 0 Å². The van der Waals surface area contributed by atoms with E-state index < -0.39 is 11.5 Å². The van der Waals surface area contributed by atoms with E-state index in [0.717, 1.165) is 11.3 Å². The summed E-state index contributed by atoms with van der Waals surface area (Å²) in [5, 5.41) is 15.5. The number of benzene rings is 3. The second-order valence-electron chi connectivity index (χ2n) is 6.64. The Morgan fingerprint density at radius 1 is 0.774 bits per heavy atom. The summed E-state index contributed by atoms with van der Waals surface area (Å²) in [6.07, 6.45) is 1.49. The molecule has 1 amide bonds. The molecule has 0 aliphatic heterocycles. The summed E-state index contributed by atoms with van der Waals surface area (Å²) in [6.45, 7) is 0. The molecule has 0 aliphatic carbocycles. The van der Waals surface area contributed by atoms with Crippen molar-refractivity contribution >= 4 is 12.1 Å². The van der Waals surface area contributed by atoms with Crippen LogP contribution < -0.4 is 19.6 Å². The highest BCUT2D eigenvalue weighted by Crippen LogP contribution is 2.32. The van der Waals surface area contributed by atoms with Gasteiger partial charge in [0.25, 0.3) is 5.91 Å². The number of methoxy groups -OCH3 is 3. The second kappa shape index (κ2) is 9.77. The first kappa shape index (κ1) is 21.9. The van der Waals surface area contributed by atoms with E-state index in [0.29, 0.717) is 22.6 Å². The molecule has 3 aromatic rings. The van der Waals surface area contributed by atoms with Crippen molar-refractivity contribution in [2.45, 2.75) is 5.60 Å². The molecular weight excluding hydrogens is 396 g/mol. The average molecular weight is 420 g/mol. The Morgan fingerprint density at radius 3 is 1.55 bits per heavy atom. The highest BCUT2D eigenvalue weighted by atomic mass is 16.5. The fourth-order valence-electron chi connectivity index (χ4n) is 3.03. The van der Waals surface area contributed by atoms with Crippen LogP contribution in [0.2, 0.25) is 0 Å². The van der Waals surface area contributed by atoms with Crippen LogP contribution in [0, 0.1) is 0 Å². The molecule has 0 fully saturated rings. The SMILES string of the molecule is COc1ccc(/C=N/NC(=O)C(O)(c2ccc(OC)cc2)c2ccc(OC)cc2)cc1. The van der Waals surface area contributed by atoms with E-state index in [1.54, 1.807) is 94.1 Å². The summed E-state index contributed by atoms with van der Waals surface area (Å²) in [5.41, 5.74) is 1.97. The third kappa shape index (κ3) is 4.84. The largest absolute Gasteiger partial charge is 0.497 e. The first-order valence-electron chi connectivity index (χ1n) is 9.50. The third-order valence-corrected chi connectivity index (χ3v) is 4.84. The van der Waals surface area contributed by atoms with Crippen LogP contribution in [-0.2, 0) is 10.4 Å². The molecule has 2 N–H and O–H groups in total. The molecule has 0 aromatic heterocycles. The van der Waals surface area contributed by atoms with Crippen LogP contribution in [0.5, 0.6) is 17.2 Å². The monoisotopic (exact) mass is 420 g/mol. The van der Waals surface area contributed by atoms with Crippen molar-refractivity contribution in [2.24, 2.45) is 5.10 Å². The molecule has 31 heavy (non-hydrogen) atoms. The van der Waals surface area contributed by atoms with E-state index in [2.05, 4.69) is 10.5 Å². The lowest BCUT2D eigenvalue weighted by atomic mass is 9.85. The first-order valence-corrected chi connectivity index (χ1v) is 9.50. The van der Waals surface area contributed by atoms with Crippen LogP contribution in [0.15, 0.2) is 77.9 Å². The summed E-state index contributed by atoms with van der Waals surface area (Å²) in [6, 6.07) is 20.4. The molecular formula is C24H24N2O5. The van der Waals surface area contributed by atoms with Gasteiger partial charge in [0.1, 0.15) is 17.2 Å². The zero-order valence-corrected chi connectivity index (χ0v) is 17.5. The van der Waals surface area contributed by atoms with E-state index >= 15 is 0 Å². The molecule has 7 heteroatoms. The van der Waals surface area contributed by atoms with Crippen LogP contribution in [-0.4, -0.2) is 38.6 Å². The second-order valence-corrected chi connectivity index (χ2v) is 6.64. The number of carbonyl (C=O) groups is 1. The Balaban J connectivity index is 1.90. The fraction of sp³-hybridized carbons (Fsp3) is 0.167. The Bertz CT molecular complexity index is 982. The summed E-state index contributed by atoms with van der Waals surface area (Å²) < 4.78 is 15.5. The quantitative estimate of drug-likeness (QED) is 0.432. The maximum absolute atomic E-state index is 13.1. The van der Waals surface area contributed by atoms with Crippen molar-refractivity contribution < 1.29 is 24.1 Å². The number of amides is 1. The number of nitrogens with one attached hydrogen (secondary N) is 1. The minimum Gasteiger partial charge on any atom is -0.497 e. The van der Waals surface area contributed by atoms with Gasteiger partial charge in [-0.2, -0.15) is 5.10 Å². The fourth-order valence-corrected chi connectivity index (χ4v) is 3.03. The minimum atomic E-state index is -1.98. The highest BCUT2D eigenvalue weighted by Gasteiger charge is 2.40. The van der Waals surface area contributed by atoms with Crippen LogP contribution >= 0.6 is 0 Å². The lowest BCUT2D eigenvalue weighted by Crippen LogP contribution is -2.43. The predicted octanol–water partition coefficient (Wildman–Crippen LogP) is 3.10. The summed E-state index contributed by atoms with van der Waals surface area (Å²) in [4.78, 5) is 13.1. The van der Waals surface area contributed by atoms with Gasteiger partial charge in [-0.3, -0.25) is 4.79 Å². The van der Waals surface area contributed by atoms with Gasteiger partial charge < -0.3 is 19.3 Å². The van der Waals surface area contributed by atoms with Gasteiger partial charge >= 0.3 is 0 Å². The summed E-state index contributed by atoms with van der Waals surface area (Å²) in [7, 11) is 4.68. The predicted molar refractivity (Wildman–Crippen MR) is 118 cm³/mol. The number of hydrogen-bond donors (Lipinski definition) is 2. The Kier molecular flexibility index (Phi) is 6.89. The van der Waals surface area contributed by atoms with Crippen LogP contribution in [0.3, 0.4) is 0 Å². The van der Waals surface area contributed by atoms with Crippen molar-refractivity contribution in [1.82, 2.24) is 5.43 Å². The zero-order chi connectivity index (χ0) is 22.3. The number of rotatable bonds is 8. The van der Waals surface area contributed by atoms with Gasteiger partial charge in [0.05, 0.1) is 27.5 Å². The van der Waals surface area contributed by atoms with Gasteiger partial charge in [-0.25, -0.2) is 5.43 Å². The van der Waals surface area contributed by atoms with Crippen molar-refractivity contribution in [2.75, 3.05) is 21.3 Å². The molecule has 0 spiro atoms. The molecule has 0 saturated carbocycles. The highest BCUT2D eigenvalue weighted by molar-refractivity contribution is 5.91. The van der Waals surface area contributed by atoms with Gasteiger partial charge in [0.15, 0.2) is 5.60 Å². The lowest BCUT2D eigenvalue weighted by molar-refractivity contribution is -0.136. The maximum Gasteiger partial charge on any atom is 0.281 e. The molecule has 0 atom stereocenters. The van der Waals surface area contributed by atoms with Gasteiger partial charge in [0.2, 0.25) is 0 Å². The van der Waals surface area contributed by atoms with E-state index in [9.17, 15) is 9.90 Å². The van der Waals surface area contributed by atoms with E-state index in [1.165, 1.54) is 6.21 Å². The minimum absolute atomic E-state index is 0.371. The molecule has 160 valence electrons. The van der Waals surface area contributed by atoms with Crippen molar-refractivity contribution in [1.29, 1.82) is 0 Å². The van der Waals surface area contributed by atoms with Gasteiger partial charge in [-0.15, -0.1) is 0 Å². The standard InChI is InChI=1S/C24H24N2O5/c1-29-20-10-4-17(5-11-20)16-25-26-23(27)24(28,18-6-12-21(30-2)13-7-18)19-8-14-22(31-3)15-9-19/h4-16,28H,1-3H3,(H,26,27)/b25-16+. The number of carbonyl (C=O) groups excluding carboxylic acids is 1. The Hall–Kier alpha value is -3.84. The molecule has 7 nitrogen and oxygen atoms in total. The molecule has 3 aromatic carbocycles. The van der Waals surface area contributed by atoms with Gasteiger partial charge in [-0.05, 0) is 65.2 Å². The average Bonchev–Trinajstić information content (AvgIpc) is 2.84. The van der Waals surface area contributed by atoms with Crippen LogP contribution in [0.4, 0.5) is 0 Å². The number of hydrazone groups is 1. The molecule has 0 radical (unpaired) electrons. The van der Waals surface area contributed by atoms with Crippen molar-refractivity contribution in [3.05, 3.63) is 89.5 Å². The summed E-state index contributed by atoms with van der Waals surface area (Å²) >= 11 is 0. The lowest BCUT2D eigenvalue weighted by Gasteiger charge is -2.27. The summed E-state index contributed by atoms with van der Waals surface area (Å²) in [5.74, 6) is 1.24. The molecule has 0 saturated heterocycles. The molecule has 0 unspecified atom stereocenters. The van der Waals surface area contributed by atoms with Crippen molar-refractivity contribution in [3.8, 4) is 17.2 Å². The topological polar surface area (TPSA) is 89.4 Å². The zero-order valence-electron chi connectivity index (χ0n) is 17.5. The normalized spacial score (nSPS) is 11.2. The van der Waals surface area contributed by atoms with E-state index in [4.69, 9.17) is 14.2 Å². The van der Waals surface area contributed by atoms with Gasteiger partial charge in [-0.1, -0.05) is 24.3 Å². The number of ether oxygens (including phenoxy) is 3. The molecule has 0 heterocycles. The first-order chi connectivity index (χ1) is 15.0. The van der Waals surface area contributed by atoms with Crippen LogP contribution in [0.25, 0.3) is 0 Å². The molecule has 3 rings (SSSR count). The smallest absolute Gasteiger partial charge is 0.281 e. The number of nitrogens with zero attached hydrogens (tertiary/aromatic N) is 1. The third-order valence-electron chi connectivity index (χ3n) is 4.84. The Morgan fingerprint density at radius 2 is 1.16 bits per heavy atom. The molecule has 0 aliphatic rings. The van der Waals surface area contributed by atoms with Crippen LogP contribution in [0.1, 0.15) is 16.7 Å². The Labute approximate surface area is 180 Å².